The number of rotatable bonds is 3. The molecule has 1 N–H and O–H groups in total. The maximum Gasteiger partial charge on any atom is 0.0541 e. The summed E-state index contributed by atoms with van der Waals surface area (Å²) in [5, 5.41) is 3.52. The van der Waals surface area contributed by atoms with Crippen LogP contribution in [0.2, 0.25) is 0 Å². The predicted octanol–water partition coefficient (Wildman–Crippen LogP) is 1.90. The molecule has 2 rings (SSSR count). The van der Waals surface area contributed by atoms with Crippen LogP contribution in [0.1, 0.15) is 26.0 Å². The first kappa shape index (κ1) is 13.1. The van der Waals surface area contributed by atoms with Gasteiger partial charge in [0.05, 0.1) is 5.69 Å². The van der Waals surface area contributed by atoms with E-state index in [4.69, 9.17) is 0 Å². The molecule has 90 valence electrons. The topological polar surface area (TPSA) is 28.2 Å². The minimum absolute atomic E-state index is 0.641. The normalized spacial score (nSPS) is 20.3. The number of pyridine rings is 1. The van der Waals surface area contributed by atoms with Gasteiger partial charge in [-0.15, -0.1) is 0 Å². The summed E-state index contributed by atoms with van der Waals surface area (Å²) >= 11 is 0. The molecule has 1 aromatic heterocycles. The molecule has 0 spiro atoms. The van der Waals surface area contributed by atoms with Gasteiger partial charge in [0, 0.05) is 25.3 Å². The Bertz CT molecular complexity index is 274. The number of aromatic nitrogens is 1. The van der Waals surface area contributed by atoms with Gasteiger partial charge in [0.2, 0.25) is 0 Å². The fourth-order valence-electron chi connectivity index (χ4n) is 1.85. The lowest BCUT2D eigenvalue weighted by Gasteiger charge is -2.11. The first-order valence-corrected chi connectivity index (χ1v) is 6.16. The molecule has 1 saturated heterocycles. The van der Waals surface area contributed by atoms with E-state index < -0.39 is 0 Å². The van der Waals surface area contributed by atoms with Crippen LogP contribution in [0.15, 0.2) is 24.4 Å². The quantitative estimate of drug-likeness (QED) is 0.845. The Labute approximate surface area is 98.9 Å². The highest BCUT2D eigenvalue weighted by Gasteiger charge is 2.18. The fraction of sp³-hybridized carbons (Fsp3) is 0.615. The minimum atomic E-state index is 0.641. The number of hydrogen-bond donors (Lipinski definition) is 1. The van der Waals surface area contributed by atoms with Crippen LogP contribution in [0, 0.1) is 0 Å². The summed E-state index contributed by atoms with van der Waals surface area (Å²) in [5.41, 5.74) is 1.13. The number of hydrogen-bond acceptors (Lipinski definition) is 3. The van der Waals surface area contributed by atoms with Crippen LogP contribution in [0.25, 0.3) is 0 Å². The van der Waals surface area contributed by atoms with Crippen LogP contribution in [0.5, 0.6) is 0 Å². The van der Waals surface area contributed by atoms with E-state index in [9.17, 15) is 0 Å². The second-order valence-corrected chi connectivity index (χ2v) is 3.95. The van der Waals surface area contributed by atoms with Crippen LogP contribution in [0.3, 0.4) is 0 Å². The number of nitrogens with zero attached hydrogens (tertiary/aromatic N) is 2. The Kier molecular flexibility index (Phi) is 6.04. The molecule has 2 heterocycles. The third kappa shape index (κ3) is 4.29. The molecule has 1 aliphatic heterocycles. The Morgan fingerprint density at radius 1 is 1.44 bits per heavy atom. The van der Waals surface area contributed by atoms with Crippen LogP contribution in [-0.2, 0) is 6.54 Å². The van der Waals surface area contributed by atoms with Crippen molar-refractivity contribution in [2.75, 3.05) is 20.1 Å². The number of likely N-dealkylation sites (N-methyl/N-ethyl adjacent to an activating group) is 1. The third-order valence-corrected chi connectivity index (χ3v) is 2.69. The van der Waals surface area contributed by atoms with E-state index in [1.807, 2.05) is 32.2 Å². The Hall–Kier alpha value is -0.930. The summed E-state index contributed by atoms with van der Waals surface area (Å²) in [6.45, 7) is 7.26. The monoisotopic (exact) mass is 221 g/mol. The third-order valence-electron chi connectivity index (χ3n) is 2.69. The summed E-state index contributed by atoms with van der Waals surface area (Å²) in [5.74, 6) is 0. The molecule has 16 heavy (non-hydrogen) atoms. The molecule has 1 aromatic rings. The van der Waals surface area contributed by atoms with Crippen molar-refractivity contribution in [3.8, 4) is 0 Å². The molecule has 3 nitrogen and oxygen atoms in total. The first-order valence-electron chi connectivity index (χ1n) is 6.16. The maximum atomic E-state index is 4.28. The summed E-state index contributed by atoms with van der Waals surface area (Å²) in [6.07, 6.45) is 3.10. The van der Waals surface area contributed by atoms with Crippen molar-refractivity contribution in [2.45, 2.75) is 32.9 Å². The Morgan fingerprint density at radius 3 is 2.81 bits per heavy atom. The molecule has 1 atom stereocenters. The van der Waals surface area contributed by atoms with Crippen LogP contribution >= 0.6 is 0 Å². The zero-order valence-electron chi connectivity index (χ0n) is 10.6. The summed E-state index contributed by atoms with van der Waals surface area (Å²) in [7, 11) is 2.17. The summed E-state index contributed by atoms with van der Waals surface area (Å²) in [4.78, 5) is 6.64. The van der Waals surface area contributed by atoms with Crippen molar-refractivity contribution >= 4 is 0 Å². The molecule has 0 radical (unpaired) electrons. The molecule has 0 amide bonds. The molecule has 1 unspecified atom stereocenters. The van der Waals surface area contributed by atoms with Crippen LogP contribution in [0.4, 0.5) is 0 Å². The van der Waals surface area contributed by atoms with Gasteiger partial charge in [-0.2, -0.15) is 0 Å². The second-order valence-electron chi connectivity index (χ2n) is 3.95. The van der Waals surface area contributed by atoms with Gasteiger partial charge in [-0.05, 0) is 32.1 Å². The van der Waals surface area contributed by atoms with Gasteiger partial charge in [-0.3, -0.25) is 4.98 Å². The van der Waals surface area contributed by atoms with E-state index in [0.717, 1.165) is 18.8 Å². The molecular weight excluding hydrogens is 198 g/mol. The van der Waals surface area contributed by atoms with Gasteiger partial charge < -0.3 is 10.2 Å². The van der Waals surface area contributed by atoms with E-state index >= 15 is 0 Å². The first-order chi connectivity index (χ1) is 7.84. The van der Waals surface area contributed by atoms with Gasteiger partial charge in [0.15, 0.2) is 0 Å². The molecule has 3 heteroatoms. The zero-order valence-corrected chi connectivity index (χ0v) is 10.6. The SMILES string of the molecule is CC.CN1CCC(NCc2ccccn2)C1. The predicted molar refractivity (Wildman–Crippen MR) is 68.3 cm³/mol. The minimum Gasteiger partial charge on any atom is -0.307 e. The standard InChI is InChI=1S/C11H17N3.C2H6/c1-14-7-5-11(9-14)13-8-10-4-2-3-6-12-10;1-2/h2-4,6,11,13H,5,7-9H2,1H3;1-2H3. The van der Waals surface area contributed by atoms with E-state index in [1.54, 1.807) is 0 Å². The molecule has 0 aliphatic carbocycles. The Balaban J connectivity index is 0.000000606. The van der Waals surface area contributed by atoms with Gasteiger partial charge >= 0.3 is 0 Å². The average molecular weight is 221 g/mol. The Morgan fingerprint density at radius 2 is 2.25 bits per heavy atom. The van der Waals surface area contributed by atoms with E-state index in [0.29, 0.717) is 6.04 Å². The van der Waals surface area contributed by atoms with Crippen molar-refractivity contribution < 1.29 is 0 Å². The molecule has 1 fully saturated rings. The van der Waals surface area contributed by atoms with E-state index in [1.165, 1.54) is 13.0 Å². The number of nitrogens with one attached hydrogen (secondary N) is 1. The lowest BCUT2D eigenvalue weighted by atomic mass is 10.2. The lowest BCUT2D eigenvalue weighted by molar-refractivity contribution is 0.397. The summed E-state index contributed by atoms with van der Waals surface area (Å²) < 4.78 is 0. The van der Waals surface area contributed by atoms with Crippen LogP contribution < -0.4 is 5.32 Å². The van der Waals surface area contributed by atoms with E-state index in [-0.39, 0.29) is 0 Å². The van der Waals surface area contributed by atoms with Gasteiger partial charge in [0.25, 0.3) is 0 Å². The van der Waals surface area contributed by atoms with Gasteiger partial charge in [-0.25, -0.2) is 0 Å². The summed E-state index contributed by atoms with van der Waals surface area (Å²) in [6, 6.07) is 6.69. The molecule has 0 bridgehead atoms. The van der Waals surface area contributed by atoms with E-state index in [2.05, 4.69) is 28.3 Å². The van der Waals surface area contributed by atoms with Crippen LogP contribution in [-0.4, -0.2) is 36.1 Å². The number of likely N-dealkylation sites (tertiary alicyclic amines) is 1. The average Bonchev–Trinajstić information content (AvgIpc) is 2.77. The van der Waals surface area contributed by atoms with Crippen molar-refractivity contribution in [3.63, 3.8) is 0 Å². The highest BCUT2D eigenvalue weighted by molar-refractivity contribution is 5.03. The highest BCUT2D eigenvalue weighted by Crippen LogP contribution is 2.06. The van der Waals surface area contributed by atoms with Crippen molar-refractivity contribution in [1.29, 1.82) is 0 Å². The van der Waals surface area contributed by atoms with Gasteiger partial charge in [0.1, 0.15) is 0 Å². The maximum absolute atomic E-state index is 4.28. The fourth-order valence-corrected chi connectivity index (χ4v) is 1.85. The second kappa shape index (κ2) is 7.36. The molecule has 0 aromatic carbocycles. The smallest absolute Gasteiger partial charge is 0.0541 e. The van der Waals surface area contributed by atoms with Gasteiger partial charge in [-0.1, -0.05) is 19.9 Å². The largest absolute Gasteiger partial charge is 0.307 e. The molecular formula is C13H23N3. The molecule has 1 aliphatic rings. The zero-order chi connectivity index (χ0) is 11.8. The lowest BCUT2D eigenvalue weighted by Crippen LogP contribution is -2.31. The molecule has 0 saturated carbocycles. The van der Waals surface area contributed by atoms with Crippen molar-refractivity contribution in [1.82, 2.24) is 15.2 Å². The van der Waals surface area contributed by atoms with Crippen molar-refractivity contribution in [3.05, 3.63) is 30.1 Å². The highest BCUT2D eigenvalue weighted by atomic mass is 15.2. The van der Waals surface area contributed by atoms with Crippen molar-refractivity contribution in [2.24, 2.45) is 0 Å².